The fraction of sp³-hybridized carbons (Fsp3) is 0.421. The molecule has 0 bridgehead atoms. The molecule has 27 heavy (non-hydrogen) atoms. The van der Waals surface area contributed by atoms with E-state index in [4.69, 9.17) is 4.98 Å². The third-order valence-electron chi connectivity index (χ3n) is 5.34. The molecule has 1 fully saturated rings. The van der Waals surface area contributed by atoms with E-state index in [0.717, 1.165) is 48.6 Å². The Hall–Kier alpha value is -2.61. The van der Waals surface area contributed by atoms with Crippen LogP contribution >= 0.6 is 0 Å². The number of aliphatic hydroxyl groups excluding tert-OH is 1. The summed E-state index contributed by atoms with van der Waals surface area (Å²) >= 11 is 0. The summed E-state index contributed by atoms with van der Waals surface area (Å²) in [5.41, 5.74) is 2.86. The van der Waals surface area contributed by atoms with Gasteiger partial charge in [-0.3, -0.25) is 4.98 Å². The summed E-state index contributed by atoms with van der Waals surface area (Å²) in [6, 6.07) is 6.10. The topological polar surface area (TPSA) is 87.4 Å². The van der Waals surface area contributed by atoms with Gasteiger partial charge in [0.2, 0.25) is 0 Å². The molecule has 0 radical (unpaired) electrons. The number of anilines is 3. The van der Waals surface area contributed by atoms with Crippen molar-refractivity contribution in [3.63, 3.8) is 0 Å². The monoisotopic (exact) mass is 364 g/mol. The maximum absolute atomic E-state index is 9.72. The molecule has 3 aromatic rings. The van der Waals surface area contributed by atoms with E-state index >= 15 is 0 Å². The molecule has 3 N–H and O–H groups in total. The van der Waals surface area contributed by atoms with E-state index in [1.807, 2.05) is 28.9 Å². The fourth-order valence-corrected chi connectivity index (χ4v) is 3.81. The summed E-state index contributed by atoms with van der Waals surface area (Å²) < 4.78 is 1.83. The van der Waals surface area contributed by atoms with Crippen molar-refractivity contribution in [3.8, 4) is 0 Å². The van der Waals surface area contributed by atoms with Crippen LogP contribution in [0.4, 0.5) is 17.3 Å². The molecule has 140 valence electrons. The van der Waals surface area contributed by atoms with Gasteiger partial charge in [0, 0.05) is 37.0 Å². The molecular formula is C19H25BN6O. The van der Waals surface area contributed by atoms with Gasteiger partial charge in [-0.15, -0.1) is 0 Å². The van der Waals surface area contributed by atoms with Gasteiger partial charge < -0.3 is 15.7 Å². The van der Waals surface area contributed by atoms with Crippen LogP contribution in [-0.2, 0) is 0 Å². The number of pyridine rings is 1. The number of nitrogens with one attached hydrogen (secondary N) is 2. The minimum Gasteiger partial charge on any atom is -0.396 e. The third kappa shape index (κ3) is 3.76. The predicted molar refractivity (Wildman–Crippen MR) is 110 cm³/mol. The van der Waals surface area contributed by atoms with Crippen molar-refractivity contribution in [1.29, 1.82) is 0 Å². The summed E-state index contributed by atoms with van der Waals surface area (Å²) in [6.07, 6.45) is 9.90. The van der Waals surface area contributed by atoms with Gasteiger partial charge in [0.1, 0.15) is 11.6 Å². The summed E-state index contributed by atoms with van der Waals surface area (Å²) in [5.74, 6) is 1.93. The van der Waals surface area contributed by atoms with Crippen molar-refractivity contribution in [2.24, 2.45) is 5.92 Å². The highest BCUT2D eigenvalue weighted by Crippen LogP contribution is 2.28. The zero-order valence-corrected chi connectivity index (χ0v) is 15.6. The smallest absolute Gasteiger partial charge is 0.161 e. The molecule has 1 aliphatic carbocycles. The van der Waals surface area contributed by atoms with E-state index in [1.165, 1.54) is 12.8 Å². The molecule has 1 saturated carbocycles. The van der Waals surface area contributed by atoms with E-state index in [0.29, 0.717) is 0 Å². The van der Waals surface area contributed by atoms with Gasteiger partial charge in [0.25, 0.3) is 0 Å². The lowest BCUT2D eigenvalue weighted by molar-refractivity contribution is 0.178. The zero-order chi connectivity index (χ0) is 18.6. The average Bonchev–Trinajstić information content (AvgIpc) is 3.12. The first-order valence-corrected chi connectivity index (χ1v) is 9.70. The van der Waals surface area contributed by atoms with Crippen molar-refractivity contribution < 1.29 is 5.11 Å². The molecule has 7 nitrogen and oxygen atoms in total. The van der Waals surface area contributed by atoms with Crippen molar-refractivity contribution in [1.82, 2.24) is 19.6 Å². The Morgan fingerprint density at radius 2 is 2.19 bits per heavy atom. The number of aromatic nitrogens is 4. The molecule has 4 rings (SSSR count). The van der Waals surface area contributed by atoms with Crippen LogP contribution in [0, 0.1) is 5.92 Å². The van der Waals surface area contributed by atoms with Gasteiger partial charge in [-0.25, -0.2) is 4.98 Å². The van der Waals surface area contributed by atoms with E-state index in [1.54, 1.807) is 12.4 Å². The van der Waals surface area contributed by atoms with Crippen molar-refractivity contribution in [3.05, 3.63) is 36.8 Å². The molecule has 8 heteroatoms. The first-order chi connectivity index (χ1) is 13.3. The second-order valence-electron chi connectivity index (χ2n) is 7.13. The summed E-state index contributed by atoms with van der Waals surface area (Å²) in [6.45, 7) is 2.32. The molecule has 0 aliphatic heterocycles. The van der Waals surface area contributed by atoms with Gasteiger partial charge in [0.05, 0.1) is 11.9 Å². The van der Waals surface area contributed by atoms with Gasteiger partial charge in [-0.1, -0.05) is 19.7 Å². The SMILES string of the molecule is CBc1cnn2c(Nc3cccnc3)cc(N[C@@H]3CCCC[C@H]3CO)nc12. The number of hydrogen-bond acceptors (Lipinski definition) is 6. The Kier molecular flexibility index (Phi) is 5.24. The summed E-state index contributed by atoms with van der Waals surface area (Å²) in [7, 11) is 0.870. The Morgan fingerprint density at radius 3 is 2.96 bits per heavy atom. The Balaban J connectivity index is 1.69. The normalized spacial score (nSPS) is 19.8. The lowest BCUT2D eigenvalue weighted by atomic mass is 9.75. The maximum Gasteiger partial charge on any atom is 0.161 e. The molecule has 2 atom stereocenters. The molecule has 0 spiro atoms. The second kappa shape index (κ2) is 7.96. The predicted octanol–water partition coefficient (Wildman–Crippen LogP) is 1.94. The first-order valence-electron chi connectivity index (χ1n) is 9.70. The molecule has 3 aromatic heterocycles. The van der Waals surface area contributed by atoms with Crippen LogP contribution in [0.5, 0.6) is 0 Å². The van der Waals surface area contributed by atoms with Crippen LogP contribution in [0.3, 0.4) is 0 Å². The van der Waals surface area contributed by atoms with Gasteiger partial charge in [-0.05, 0) is 30.4 Å². The summed E-state index contributed by atoms with van der Waals surface area (Å²) in [5, 5.41) is 21.2. The van der Waals surface area contributed by atoms with E-state index < -0.39 is 0 Å². The highest BCUT2D eigenvalue weighted by molar-refractivity contribution is 6.54. The van der Waals surface area contributed by atoms with Crippen LogP contribution in [-0.4, -0.2) is 44.6 Å². The van der Waals surface area contributed by atoms with Crippen LogP contribution < -0.4 is 16.1 Å². The number of rotatable bonds is 6. The van der Waals surface area contributed by atoms with E-state index in [-0.39, 0.29) is 18.6 Å². The van der Waals surface area contributed by atoms with Crippen molar-refractivity contribution >= 4 is 35.7 Å². The molecule has 0 aromatic carbocycles. The van der Waals surface area contributed by atoms with Crippen LogP contribution in [0.15, 0.2) is 36.8 Å². The first kappa shape index (κ1) is 17.8. The maximum atomic E-state index is 9.72. The van der Waals surface area contributed by atoms with Gasteiger partial charge in [-0.2, -0.15) is 9.61 Å². The molecule has 0 saturated heterocycles. The Morgan fingerprint density at radius 1 is 1.30 bits per heavy atom. The minimum atomic E-state index is 0.216. The lowest BCUT2D eigenvalue weighted by Crippen LogP contribution is -2.34. The molecular weight excluding hydrogens is 339 g/mol. The summed E-state index contributed by atoms with van der Waals surface area (Å²) in [4.78, 5) is 8.99. The van der Waals surface area contributed by atoms with Crippen LogP contribution in [0.1, 0.15) is 25.7 Å². The molecule has 3 heterocycles. The molecule has 0 unspecified atom stereocenters. The number of hydrogen-bond donors (Lipinski definition) is 3. The Labute approximate surface area is 159 Å². The quantitative estimate of drug-likeness (QED) is 0.580. The lowest BCUT2D eigenvalue weighted by Gasteiger charge is -2.31. The molecule has 1 aliphatic rings. The number of nitrogens with zero attached hydrogens (tertiary/aromatic N) is 4. The van der Waals surface area contributed by atoms with E-state index in [2.05, 4.69) is 27.5 Å². The van der Waals surface area contributed by atoms with Gasteiger partial charge in [0.15, 0.2) is 12.9 Å². The highest BCUT2D eigenvalue weighted by Gasteiger charge is 2.25. The van der Waals surface area contributed by atoms with E-state index in [9.17, 15) is 5.11 Å². The van der Waals surface area contributed by atoms with Crippen molar-refractivity contribution in [2.45, 2.75) is 38.5 Å². The van der Waals surface area contributed by atoms with Gasteiger partial charge >= 0.3 is 0 Å². The third-order valence-corrected chi connectivity index (χ3v) is 5.34. The van der Waals surface area contributed by atoms with Crippen LogP contribution in [0.2, 0.25) is 6.82 Å². The molecule has 0 amide bonds. The second-order valence-corrected chi connectivity index (χ2v) is 7.13. The van der Waals surface area contributed by atoms with Crippen LogP contribution in [0.25, 0.3) is 5.65 Å². The highest BCUT2D eigenvalue weighted by atomic mass is 16.3. The largest absolute Gasteiger partial charge is 0.396 e. The number of aliphatic hydroxyl groups is 1. The Bertz CT molecular complexity index is 900. The number of fused-ring (bicyclic) bond motifs is 1. The fourth-order valence-electron chi connectivity index (χ4n) is 3.81. The standard InChI is InChI=1S/C19H25BN6O/c1-20-15-11-22-26-18(23-14-6-4-8-21-10-14)9-17(25-19(15)26)24-16-7-3-2-5-13(16)12-27/h4,6,8-11,13,16,20,23,27H,2-3,5,7,12H2,1H3,(H,24,25)/t13-,16+/m0/s1. The minimum absolute atomic E-state index is 0.216. The van der Waals surface area contributed by atoms with Crippen molar-refractivity contribution in [2.75, 3.05) is 17.2 Å². The average molecular weight is 364 g/mol. The zero-order valence-electron chi connectivity index (χ0n) is 15.6.